The summed E-state index contributed by atoms with van der Waals surface area (Å²) in [5.74, 6) is -0.404. The molecule has 0 aliphatic carbocycles. The molecule has 0 aliphatic rings. The molecule has 0 amide bonds. The van der Waals surface area contributed by atoms with Gasteiger partial charge in [-0.2, -0.15) is 0 Å². The molecule has 4 heteroatoms. The van der Waals surface area contributed by atoms with Crippen LogP contribution in [0.3, 0.4) is 0 Å². The minimum atomic E-state index is -0.404. The van der Waals surface area contributed by atoms with Crippen LogP contribution in [0.2, 0.25) is 0 Å². The van der Waals surface area contributed by atoms with Crippen molar-refractivity contribution in [2.75, 3.05) is 6.26 Å². The molecule has 0 atom stereocenters. The molecule has 1 nitrogen and oxygen atoms in total. The largest absolute Gasteiger partial charge is 0.298 e. The molecule has 0 saturated carbocycles. The van der Waals surface area contributed by atoms with E-state index >= 15 is 0 Å². The van der Waals surface area contributed by atoms with Gasteiger partial charge in [0.25, 0.3) is 0 Å². The smallest absolute Gasteiger partial charge is 0.153 e. The lowest BCUT2D eigenvalue weighted by atomic mass is 10.2. The summed E-state index contributed by atoms with van der Waals surface area (Å²) in [7, 11) is 0. The van der Waals surface area contributed by atoms with Gasteiger partial charge in [-0.05, 0) is 23.8 Å². The second-order valence-electron chi connectivity index (χ2n) is 2.76. The summed E-state index contributed by atoms with van der Waals surface area (Å²) in [5.41, 5.74) is 0.143. The van der Waals surface area contributed by atoms with Crippen LogP contribution in [0, 0.1) is 5.82 Å². The molecule has 0 saturated heterocycles. The Kier molecular flexibility index (Phi) is 2.56. The van der Waals surface area contributed by atoms with E-state index in [0.717, 1.165) is 10.1 Å². The Morgan fingerprint density at radius 2 is 2.36 bits per heavy atom. The molecule has 0 bridgehead atoms. The number of rotatable bonds is 2. The molecule has 1 heterocycles. The Balaban J connectivity index is 2.87. The number of hydrogen-bond donors (Lipinski definition) is 0. The molecule has 14 heavy (non-hydrogen) atoms. The Labute approximate surface area is 88.9 Å². The minimum absolute atomic E-state index is 0.143. The van der Waals surface area contributed by atoms with Gasteiger partial charge in [0.1, 0.15) is 5.82 Å². The Hall–Kier alpha value is -0.870. The second-order valence-corrected chi connectivity index (χ2v) is 4.53. The molecule has 2 rings (SSSR count). The number of aldehydes is 1. The maximum absolute atomic E-state index is 13.6. The Bertz CT molecular complexity index is 490. The van der Waals surface area contributed by atoms with Gasteiger partial charge in [-0.3, -0.25) is 4.79 Å². The van der Waals surface area contributed by atoms with Crippen molar-refractivity contribution >= 4 is 39.5 Å². The average Bonchev–Trinajstić information content (AvgIpc) is 2.64. The Morgan fingerprint density at radius 1 is 1.57 bits per heavy atom. The third kappa shape index (κ3) is 1.35. The zero-order valence-corrected chi connectivity index (χ0v) is 9.05. The van der Waals surface area contributed by atoms with E-state index in [9.17, 15) is 9.18 Å². The van der Waals surface area contributed by atoms with E-state index in [1.807, 2.05) is 17.7 Å². The van der Waals surface area contributed by atoms with Crippen LogP contribution in [0.15, 0.2) is 22.4 Å². The van der Waals surface area contributed by atoms with Crippen LogP contribution in [-0.2, 0) is 0 Å². The lowest BCUT2D eigenvalue weighted by Gasteiger charge is -2.03. The molecule has 2 aromatic rings. The van der Waals surface area contributed by atoms with E-state index in [1.165, 1.54) is 23.1 Å². The molecule has 0 aliphatic heterocycles. The normalized spacial score (nSPS) is 10.7. The van der Waals surface area contributed by atoms with Crippen LogP contribution < -0.4 is 0 Å². The van der Waals surface area contributed by atoms with Crippen molar-refractivity contribution in [2.24, 2.45) is 0 Å². The van der Waals surface area contributed by atoms with E-state index in [1.54, 1.807) is 6.07 Å². The molecule has 1 aromatic carbocycles. The van der Waals surface area contributed by atoms with Gasteiger partial charge in [0.15, 0.2) is 6.29 Å². The summed E-state index contributed by atoms with van der Waals surface area (Å²) < 4.78 is 14.6. The number of carbonyl (C=O) groups is 1. The van der Waals surface area contributed by atoms with Crippen LogP contribution in [0.5, 0.6) is 0 Å². The number of halogens is 1. The summed E-state index contributed by atoms with van der Waals surface area (Å²) in [6.45, 7) is 0. The maximum Gasteiger partial charge on any atom is 0.153 e. The van der Waals surface area contributed by atoms with Crippen molar-refractivity contribution in [1.29, 1.82) is 0 Å². The van der Waals surface area contributed by atoms with Gasteiger partial charge in [-0.1, -0.05) is 0 Å². The fourth-order valence-corrected chi connectivity index (χ4v) is 2.96. The highest BCUT2D eigenvalue weighted by molar-refractivity contribution is 7.98. The van der Waals surface area contributed by atoms with E-state index in [2.05, 4.69) is 0 Å². The van der Waals surface area contributed by atoms with Crippen LogP contribution in [0.1, 0.15) is 10.4 Å². The average molecular weight is 226 g/mol. The van der Waals surface area contributed by atoms with Crippen molar-refractivity contribution in [3.8, 4) is 0 Å². The van der Waals surface area contributed by atoms with Gasteiger partial charge < -0.3 is 0 Å². The topological polar surface area (TPSA) is 17.1 Å². The molecular weight excluding hydrogens is 219 g/mol. The number of fused-ring (bicyclic) bond motifs is 1. The van der Waals surface area contributed by atoms with Crippen molar-refractivity contribution in [2.45, 2.75) is 4.90 Å². The summed E-state index contributed by atoms with van der Waals surface area (Å²) in [6, 6.07) is 3.48. The summed E-state index contributed by atoms with van der Waals surface area (Å²) in [4.78, 5) is 11.2. The molecule has 72 valence electrons. The number of carbonyl (C=O) groups excluding carboxylic acids is 1. The molecule has 0 radical (unpaired) electrons. The van der Waals surface area contributed by atoms with Crippen LogP contribution in [0.25, 0.3) is 10.1 Å². The number of hydrogen-bond acceptors (Lipinski definition) is 3. The van der Waals surface area contributed by atoms with Gasteiger partial charge in [0, 0.05) is 10.1 Å². The lowest BCUT2D eigenvalue weighted by molar-refractivity contribution is 0.111. The van der Waals surface area contributed by atoms with Gasteiger partial charge in [0.05, 0.1) is 10.5 Å². The predicted octanol–water partition coefficient (Wildman–Crippen LogP) is 3.57. The van der Waals surface area contributed by atoms with Gasteiger partial charge in [-0.15, -0.1) is 23.1 Å². The number of thioether (sulfide) groups is 1. The first kappa shape index (κ1) is 9.68. The third-order valence-corrected chi connectivity index (χ3v) is 3.68. The summed E-state index contributed by atoms with van der Waals surface area (Å²) in [5, 5.41) is 2.80. The van der Waals surface area contributed by atoms with E-state index < -0.39 is 5.82 Å². The van der Waals surface area contributed by atoms with Crippen molar-refractivity contribution in [1.82, 2.24) is 0 Å². The van der Waals surface area contributed by atoms with Crippen molar-refractivity contribution < 1.29 is 9.18 Å². The number of thiophene rings is 1. The standard InChI is InChI=1S/C10H7FOS2/c1-13-10-7-2-3-14-8(7)4-6(5-12)9(10)11/h2-5H,1H3. The van der Waals surface area contributed by atoms with Crippen molar-refractivity contribution in [3.05, 3.63) is 28.9 Å². The molecule has 0 fully saturated rings. The third-order valence-electron chi connectivity index (χ3n) is 2.01. The van der Waals surface area contributed by atoms with E-state index in [4.69, 9.17) is 0 Å². The molecule has 1 aromatic heterocycles. The first-order chi connectivity index (χ1) is 6.77. The SMILES string of the molecule is CSc1c(F)c(C=O)cc2sccc12. The fourth-order valence-electron chi connectivity index (χ4n) is 1.36. The van der Waals surface area contributed by atoms with Gasteiger partial charge in [-0.25, -0.2) is 4.39 Å². The first-order valence-corrected chi connectivity index (χ1v) is 6.07. The van der Waals surface area contributed by atoms with Crippen molar-refractivity contribution in [3.63, 3.8) is 0 Å². The van der Waals surface area contributed by atoms with Gasteiger partial charge in [0.2, 0.25) is 0 Å². The zero-order valence-electron chi connectivity index (χ0n) is 7.41. The Morgan fingerprint density at radius 3 is 3.00 bits per heavy atom. The molecule has 0 spiro atoms. The van der Waals surface area contributed by atoms with Crippen LogP contribution in [-0.4, -0.2) is 12.5 Å². The highest BCUT2D eigenvalue weighted by Crippen LogP contribution is 2.33. The number of benzene rings is 1. The lowest BCUT2D eigenvalue weighted by Crippen LogP contribution is -1.90. The predicted molar refractivity (Wildman–Crippen MR) is 59.0 cm³/mol. The van der Waals surface area contributed by atoms with Gasteiger partial charge >= 0.3 is 0 Å². The molecule has 0 N–H and O–H groups in total. The zero-order chi connectivity index (χ0) is 10.1. The van der Waals surface area contributed by atoms with E-state index in [-0.39, 0.29) is 5.56 Å². The highest BCUT2D eigenvalue weighted by Gasteiger charge is 2.12. The monoisotopic (exact) mass is 226 g/mol. The molecular formula is C10H7FOS2. The van der Waals surface area contributed by atoms with E-state index in [0.29, 0.717) is 11.2 Å². The minimum Gasteiger partial charge on any atom is -0.298 e. The summed E-state index contributed by atoms with van der Waals surface area (Å²) >= 11 is 2.85. The quantitative estimate of drug-likeness (QED) is 0.575. The fraction of sp³-hybridized carbons (Fsp3) is 0.100. The summed E-state index contributed by atoms with van der Waals surface area (Å²) in [6.07, 6.45) is 2.37. The maximum atomic E-state index is 13.6. The first-order valence-electron chi connectivity index (χ1n) is 3.96. The molecule has 0 unspecified atom stereocenters. The van der Waals surface area contributed by atoms with Crippen LogP contribution in [0.4, 0.5) is 4.39 Å². The second kappa shape index (κ2) is 3.71. The highest BCUT2D eigenvalue weighted by atomic mass is 32.2. The van der Waals surface area contributed by atoms with Crippen LogP contribution >= 0.6 is 23.1 Å².